The highest BCUT2D eigenvalue weighted by Gasteiger charge is 2.13. The molecule has 0 saturated carbocycles. The molecule has 0 bridgehead atoms. The van der Waals surface area contributed by atoms with Crippen molar-refractivity contribution in [1.29, 1.82) is 0 Å². The van der Waals surface area contributed by atoms with Gasteiger partial charge in [0.25, 0.3) is 0 Å². The summed E-state index contributed by atoms with van der Waals surface area (Å²) in [5, 5.41) is 13.3. The van der Waals surface area contributed by atoms with E-state index in [1.807, 2.05) is 0 Å². The fourth-order valence-corrected chi connectivity index (χ4v) is 2.54. The number of carbonyl (C=O) groups is 2. The summed E-state index contributed by atoms with van der Waals surface area (Å²) in [6, 6.07) is 1.63. The van der Waals surface area contributed by atoms with E-state index < -0.39 is 5.97 Å². The lowest BCUT2D eigenvalue weighted by Gasteiger charge is -2.04. The lowest BCUT2D eigenvalue weighted by atomic mass is 10.1. The minimum Gasteiger partial charge on any atom is -0.477 e. The Labute approximate surface area is 117 Å². The number of rotatable bonds is 9. The highest BCUT2D eigenvalue weighted by atomic mass is 32.1. The van der Waals surface area contributed by atoms with Gasteiger partial charge in [-0.15, -0.1) is 11.3 Å². The molecule has 0 atom stereocenters. The molecule has 0 saturated heterocycles. The van der Waals surface area contributed by atoms with E-state index in [0.29, 0.717) is 12.1 Å². The Balaban J connectivity index is 2.24. The van der Waals surface area contributed by atoms with Crippen LogP contribution < -0.4 is 5.32 Å². The van der Waals surface area contributed by atoms with Gasteiger partial charge in [0.2, 0.25) is 5.91 Å². The van der Waals surface area contributed by atoms with E-state index in [0.717, 1.165) is 24.2 Å². The van der Waals surface area contributed by atoms with Crippen molar-refractivity contribution in [3.8, 4) is 0 Å². The average molecular weight is 283 g/mol. The second-order valence-corrected chi connectivity index (χ2v) is 5.45. The quantitative estimate of drug-likeness (QED) is 0.669. The first-order valence-electron chi connectivity index (χ1n) is 6.75. The van der Waals surface area contributed by atoms with Crippen molar-refractivity contribution in [2.24, 2.45) is 0 Å². The number of carboxylic acid groups (broad SMARTS) is 1. The molecular formula is C14H21NO3S. The molecule has 0 spiro atoms. The van der Waals surface area contributed by atoms with Crippen LogP contribution in [0.5, 0.6) is 0 Å². The fourth-order valence-electron chi connectivity index (χ4n) is 1.85. The number of carboxylic acids is 1. The van der Waals surface area contributed by atoms with Gasteiger partial charge >= 0.3 is 5.97 Å². The van der Waals surface area contributed by atoms with E-state index in [1.165, 1.54) is 25.7 Å². The molecule has 106 valence electrons. The minimum absolute atomic E-state index is 0.101. The molecule has 0 radical (unpaired) electrons. The molecule has 4 nitrogen and oxygen atoms in total. The largest absolute Gasteiger partial charge is 0.477 e. The summed E-state index contributed by atoms with van der Waals surface area (Å²) in [6.07, 6.45) is 7.25. The minimum atomic E-state index is -0.995. The number of carbonyl (C=O) groups excluding carboxylic acids is 1. The van der Waals surface area contributed by atoms with Crippen LogP contribution in [0.25, 0.3) is 0 Å². The maximum absolute atomic E-state index is 11.7. The highest BCUT2D eigenvalue weighted by Crippen LogP contribution is 2.22. The second kappa shape index (κ2) is 8.69. The van der Waals surface area contributed by atoms with Crippen molar-refractivity contribution in [3.05, 3.63) is 16.3 Å². The van der Waals surface area contributed by atoms with Crippen LogP contribution >= 0.6 is 11.3 Å². The van der Waals surface area contributed by atoms with E-state index in [4.69, 9.17) is 5.11 Å². The Morgan fingerprint density at radius 1 is 1.21 bits per heavy atom. The smallest absolute Gasteiger partial charge is 0.348 e. The van der Waals surface area contributed by atoms with Gasteiger partial charge in [0.15, 0.2) is 0 Å². The zero-order valence-corrected chi connectivity index (χ0v) is 12.1. The maximum atomic E-state index is 11.7. The van der Waals surface area contributed by atoms with Crippen LogP contribution in [0.1, 0.15) is 61.5 Å². The standard InChI is InChI=1S/C14H21NO3S/c1-2-3-4-5-6-7-8-12(16)15-11-9-10-19-13(11)14(17)18/h9-10H,2-8H2,1H3,(H,15,16)(H,17,18). The zero-order chi connectivity index (χ0) is 14.1. The monoisotopic (exact) mass is 283 g/mol. The number of thiophene rings is 1. The molecule has 2 N–H and O–H groups in total. The molecule has 0 fully saturated rings. The number of nitrogens with one attached hydrogen (secondary N) is 1. The van der Waals surface area contributed by atoms with Crippen molar-refractivity contribution in [2.75, 3.05) is 5.32 Å². The molecule has 5 heteroatoms. The summed E-state index contributed by atoms with van der Waals surface area (Å²) in [7, 11) is 0. The Kier molecular flexibility index (Phi) is 7.18. The predicted octanol–water partition coefficient (Wildman–Crippen LogP) is 4.14. The number of aromatic carboxylic acids is 1. The normalized spacial score (nSPS) is 10.4. The highest BCUT2D eigenvalue weighted by molar-refractivity contribution is 7.12. The van der Waals surface area contributed by atoms with Crippen LogP contribution in [0.15, 0.2) is 11.4 Å². The van der Waals surface area contributed by atoms with Crippen molar-refractivity contribution in [1.82, 2.24) is 0 Å². The maximum Gasteiger partial charge on any atom is 0.348 e. The molecule has 1 heterocycles. The van der Waals surface area contributed by atoms with Crippen molar-refractivity contribution >= 4 is 28.9 Å². The topological polar surface area (TPSA) is 66.4 Å². The Hall–Kier alpha value is -1.36. The van der Waals surface area contributed by atoms with Crippen LogP contribution in [-0.2, 0) is 4.79 Å². The molecule has 19 heavy (non-hydrogen) atoms. The molecule has 1 rings (SSSR count). The first kappa shape index (κ1) is 15.7. The molecule has 0 aliphatic carbocycles. The Morgan fingerprint density at radius 2 is 1.89 bits per heavy atom. The van der Waals surface area contributed by atoms with Gasteiger partial charge in [-0.2, -0.15) is 0 Å². The Morgan fingerprint density at radius 3 is 2.58 bits per heavy atom. The number of amides is 1. The molecule has 1 aromatic rings. The first-order valence-corrected chi connectivity index (χ1v) is 7.63. The van der Waals surface area contributed by atoms with Gasteiger partial charge in [-0.25, -0.2) is 4.79 Å². The molecule has 0 aromatic carbocycles. The fraction of sp³-hybridized carbons (Fsp3) is 0.571. The van der Waals surface area contributed by atoms with E-state index in [-0.39, 0.29) is 10.8 Å². The van der Waals surface area contributed by atoms with Gasteiger partial charge in [0.1, 0.15) is 4.88 Å². The third-order valence-electron chi connectivity index (χ3n) is 2.89. The summed E-state index contributed by atoms with van der Waals surface area (Å²) >= 11 is 1.12. The van der Waals surface area contributed by atoms with Gasteiger partial charge in [0.05, 0.1) is 5.69 Å². The number of hydrogen-bond donors (Lipinski definition) is 2. The van der Waals surface area contributed by atoms with Gasteiger partial charge in [-0.05, 0) is 17.9 Å². The third-order valence-corrected chi connectivity index (χ3v) is 3.79. The average Bonchev–Trinajstić information content (AvgIpc) is 2.81. The number of anilines is 1. The van der Waals surface area contributed by atoms with Crippen LogP contribution in [-0.4, -0.2) is 17.0 Å². The molecule has 0 unspecified atom stereocenters. The predicted molar refractivity (Wildman–Crippen MR) is 77.9 cm³/mol. The van der Waals surface area contributed by atoms with Crippen LogP contribution in [0, 0.1) is 0 Å². The van der Waals surface area contributed by atoms with E-state index >= 15 is 0 Å². The SMILES string of the molecule is CCCCCCCCC(=O)Nc1ccsc1C(=O)O. The molecule has 0 aliphatic heterocycles. The van der Waals surface area contributed by atoms with Crippen LogP contribution in [0.4, 0.5) is 5.69 Å². The lowest BCUT2D eigenvalue weighted by molar-refractivity contribution is -0.116. The Bertz CT molecular complexity index is 415. The summed E-state index contributed by atoms with van der Waals surface area (Å²) < 4.78 is 0. The van der Waals surface area contributed by atoms with Gasteiger partial charge in [0, 0.05) is 6.42 Å². The summed E-state index contributed by atoms with van der Waals surface area (Å²) in [4.78, 5) is 22.7. The molecule has 1 amide bonds. The van der Waals surface area contributed by atoms with Gasteiger partial charge in [-0.1, -0.05) is 39.0 Å². The number of hydrogen-bond acceptors (Lipinski definition) is 3. The van der Waals surface area contributed by atoms with Crippen molar-refractivity contribution < 1.29 is 14.7 Å². The summed E-state index contributed by atoms with van der Waals surface area (Å²) in [5.74, 6) is -1.10. The van der Waals surface area contributed by atoms with Gasteiger partial charge < -0.3 is 10.4 Å². The first-order chi connectivity index (χ1) is 9.15. The van der Waals surface area contributed by atoms with Crippen LogP contribution in [0.3, 0.4) is 0 Å². The van der Waals surface area contributed by atoms with Crippen molar-refractivity contribution in [2.45, 2.75) is 51.9 Å². The lowest BCUT2D eigenvalue weighted by Crippen LogP contribution is -2.12. The molecule has 0 aliphatic rings. The number of unbranched alkanes of at least 4 members (excludes halogenated alkanes) is 5. The molecular weight excluding hydrogens is 262 g/mol. The zero-order valence-electron chi connectivity index (χ0n) is 11.3. The van der Waals surface area contributed by atoms with Gasteiger partial charge in [-0.3, -0.25) is 4.79 Å². The summed E-state index contributed by atoms with van der Waals surface area (Å²) in [5.41, 5.74) is 0.411. The van der Waals surface area contributed by atoms with Crippen LogP contribution in [0.2, 0.25) is 0 Å². The molecule has 1 aromatic heterocycles. The summed E-state index contributed by atoms with van der Waals surface area (Å²) in [6.45, 7) is 2.17. The third kappa shape index (κ3) is 5.87. The van der Waals surface area contributed by atoms with E-state index in [9.17, 15) is 9.59 Å². The van der Waals surface area contributed by atoms with E-state index in [2.05, 4.69) is 12.2 Å². The van der Waals surface area contributed by atoms with Crippen molar-refractivity contribution in [3.63, 3.8) is 0 Å². The second-order valence-electron chi connectivity index (χ2n) is 4.53. The van der Waals surface area contributed by atoms with E-state index in [1.54, 1.807) is 11.4 Å².